The molecule has 27 heavy (non-hydrogen) atoms. The average Bonchev–Trinajstić information content (AvgIpc) is 3.30. The molecular formula is C21H22N2O4. The lowest BCUT2D eigenvalue weighted by molar-refractivity contribution is -0.0152. The Hall–Kier alpha value is -2.21. The van der Waals surface area contributed by atoms with Gasteiger partial charge in [-0.3, -0.25) is 4.90 Å². The fourth-order valence-corrected chi connectivity index (χ4v) is 6.89. The van der Waals surface area contributed by atoms with Gasteiger partial charge in [0.2, 0.25) is 18.4 Å². The van der Waals surface area contributed by atoms with Gasteiger partial charge in [0.25, 0.3) is 0 Å². The molecule has 5 bridgehead atoms. The molecule has 7 heterocycles. The van der Waals surface area contributed by atoms with Crippen LogP contribution in [0.3, 0.4) is 0 Å². The summed E-state index contributed by atoms with van der Waals surface area (Å²) in [5.41, 5.74) is 3.46. The molecule has 0 aliphatic carbocycles. The molecule has 8 rings (SSSR count). The van der Waals surface area contributed by atoms with Gasteiger partial charge in [0.1, 0.15) is 0 Å². The zero-order chi connectivity index (χ0) is 17.9. The molecule has 140 valence electrons. The SMILES string of the molecule is C/C=C1/CN2[C@H]3C[C@H]1[C@@H]1COC4=Nc5cc6c(c(OC)c5[C@@]43C[C@@H]12)OCO6. The Morgan fingerprint density at radius 2 is 2.26 bits per heavy atom. The third-order valence-corrected chi connectivity index (χ3v) is 7.89. The van der Waals surface area contributed by atoms with Gasteiger partial charge < -0.3 is 18.9 Å². The molecular weight excluding hydrogens is 344 g/mol. The molecule has 6 nitrogen and oxygen atoms in total. The molecule has 1 spiro atoms. The van der Waals surface area contributed by atoms with Gasteiger partial charge in [-0.1, -0.05) is 11.6 Å². The van der Waals surface area contributed by atoms with E-state index in [-0.39, 0.29) is 12.2 Å². The fraction of sp³-hybridized carbons (Fsp3) is 0.571. The molecule has 7 aliphatic rings. The van der Waals surface area contributed by atoms with Crippen molar-refractivity contribution < 1.29 is 18.9 Å². The lowest BCUT2D eigenvalue weighted by Gasteiger charge is -2.54. The lowest BCUT2D eigenvalue weighted by Crippen LogP contribution is -2.61. The van der Waals surface area contributed by atoms with E-state index in [2.05, 4.69) is 17.9 Å². The Morgan fingerprint density at radius 3 is 3.11 bits per heavy atom. The predicted molar refractivity (Wildman–Crippen MR) is 98.1 cm³/mol. The van der Waals surface area contributed by atoms with Crippen molar-refractivity contribution in [2.45, 2.75) is 37.3 Å². The first kappa shape index (κ1) is 14.8. The number of rotatable bonds is 1. The van der Waals surface area contributed by atoms with Crippen molar-refractivity contribution in [1.82, 2.24) is 4.90 Å². The standard InChI is InChI=1S/C21H22N2O4/c1-3-10-7-23-14-6-21-16(23)4-11(10)12(14)8-25-20(21)22-13-5-15-18(27-9-26-15)19(24-2)17(13)21/h3,5,11-12,14,16H,4,6-9H2,1-2H3/b10-3-/t11-,12+,14+,16+,21+/m1/s1. The number of nitrogens with zero attached hydrogens (tertiary/aromatic N) is 2. The van der Waals surface area contributed by atoms with Crippen molar-refractivity contribution >= 4 is 11.6 Å². The van der Waals surface area contributed by atoms with Crippen LogP contribution in [0, 0.1) is 11.8 Å². The van der Waals surface area contributed by atoms with Crippen LogP contribution in [0.25, 0.3) is 0 Å². The van der Waals surface area contributed by atoms with Crippen molar-refractivity contribution in [3.8, 4) is 17.2 Å². The summed E-state index contributed by atoms with van der Waals surface area (Å²) in [6.07, 6.45) is 4.57. The molecule has 0 aromatic heterocycles. The second kappa shape index (κ2) is 4.61. The van der Waals surface area contributed by atoms with Gasteiger partial charge in [0.15, 0.2) is 11.5 Å². The molecule has 0 saturated carbocycles. The highest BCUT2D eigenvalue weighted by Gasteiger charge is 2.69. The largest absolute Gasteiger partial charge is 0.492 e. The van der Waals surface area contributed by atoms with Gasteiger partial charge in [-0.05, 0) is 25.7 Å². The van der Waals surface area contributed by atoms with Gasteiger partial charge in [-0.25, -0.2) is 4.99 Å². The summed E-state index contributed by atoms with van der Waals surface area (Å²) in [5.74, 6) is 4.33. The van der Waals surface area contributed by atoms with Crippen LogP contribution in [0.4, 0.5) is 5.69 Å². The van der Waals surface area contributed by atoms with E-state index in [1.807, 2.05) is 6.07 Å². The zero-order valence-electron chi connectivity index (χ0n) is 15.5. The third-order valence-electron chi connectivity index (χ3n) is 7.89. The van der Waals surface area contributed by atoms with Crippen LogP contribution >= 0.6 is 0 Å². The van der Waals surface area contributed by atoms with Crippen LogP contribution in [0.5, 0.6) is 17.2 Å². The van der Waals surface area contributed by atoms with Crippen molar-refractivity contribution in [3.63, 3.8) is 0 Å². The first-order valence-electron chi connectivity index (χ1n) is 9.90. The maximum Gasteiger partial charge on any atom is 0.231 e. The van der Waals surface area contributed by atoms with E-state index in [0.29, 0.717) is 23.9 Å². The number of benzene rings is 1. The van der Waals surface area contributed by atoms with Crippen molar-refractivity contribution in [2.75, 3.05) is 27.1 Å². The average molecular weight is 366 g/mol. The minimum atomic E-state index is -0.213. The summed E-state index contributed by atoms with van der Waals surface area (Å²) in [6.45, 7) is 4.27. The van der Waals surface area contributed by atoms with E-state index < -0.39 is 0 Å². The number of aliphatic imine (C=N–C) groups is 1. The number of allylic oxidation sites excluding steroid dienone is 1. The highest BCUT2D eigenvalue weighted by Crippen LogP contribution is 2.66. The van der Waals surface area contributed by atoms with Crippen molar-refractivity contribution in [1.29, 1.82) is 0 Å². The van der Waals surface area contributed by atoms with E-state index in [1.54, 1.807) is 12.7 Å². The summed E-state index contributed by atoms with van der Waals surface area (Å²) >= 11 is 0. The van der Waals surface area contributed by atoms with Crippen LogP contribution in [0.15, 0.2) is 22.7 Å². The van der Waals surface area contributed by atoms with Crippen LogP contribution in [0.1, 0.15) is 25.3 Å². The van der Waals surface area contributed by atoms with E-state index in [4.69, 9.17) is 23.9 Å². The maximum absolute atomic E-state index is 6.40. The number of hydrogen-bond donors (Lipinski definition) is 0. The van der Waals surface area contributed by atoms with Crippen molar-refractivity contribution in [2.24, 2.45) is 16.8 Å². The van der Waals surface area contributed by atoms with Crippen molar-refractivity contribution in [3.05, 3.63) is 23.3 Å². The Kier molecular flexibility index (Phi) is 2.53. The Morgan fingerprint density at radius 1 is 1.33 bits per heavy atom. The Balaban J connectivity index is 1.49. The molecule has 5 saturated heterocycles. The summed E-state index contributed by atoms with van der Waals surface area (Å²) in [6, 6.07) is 2.98. The van der Waals surface area contributed by atoms with E-state index >= 15 is 0 Å². The maximum atomic E-state index is 6.40. The molecule has 1 aromatic rings. The summed E-state index contributed by atoms with van der Waals surface area (Å²) in [4.78, 5) is 7.70. The molecule has 7 aliphatic heterocycles. The monoisotopic (exact) mass is 366 g/mol. The summed E-state index contributed by atoms with van der Waals surface area (Å²) < 4.78 is 23.7. The highest BCUT2D eigenvalue weighted by atomic mass is 16.7. The number of piperidine rings is 3. The topological polar surface area (TPSA) is 52.5 Å². The normalized spacial score (nSPS) is 42.7. The molecule has 5 fully saturated rings. The Labute approximate surface area is 157 Å². The number of fused-ring (bicyclic) bond motifs is 3. The van der Waals surface area contributed by atoms with Gasteiger partial charge in [0.05, 0.1) is 24.8 Å². The molecule has 0 N–H and O–H groups in total. The van der Waals surface area contributed by atoms with Gasteiger partial charge in [-0.2, -0.15) is 0 Å². The number of hydrogen-bond acceptors (Lipinski definition) is 6. The fourth-order valence-electron chi connectivity index (χ4n) is 6.89. The van der Waals surface area contributed by atoms with Crippen LogP contribution < -0.4 is 14.2 Å². The number of ether oxygens (including phenoxy) is 4. The van der Waals surface area contributed by atoms with Gasteiger partial charge >= 0.3 is 0 Å². The highest BCUT2D eigenvalue weighted by molar-refractivity contribution is 6.00. The van der Waals surface area contributed by atoms with Gasteiger partial charge in [-0.15, -0.1) is 0 Å². The first-order valence-corrected chi connectivity index (χ1v) is 9.90. The molecule has 1 unspecified atom stereocenters. The minimum Gasteiger partial charge on any atom is -0.492 e. The quantitative estimate of drug-likeness (QED) is 0.716. The third kappa shape index (κ3) is 1.47. The van der Waals surface area contributed by atoms with Crippen LogP contribution in [-0.4, -0.2) is 49.9 Å². The molecule has 0 amide bonds. The second-order valence-corrected chi connectivity index (χ2v) is 8.57. The van der Waals surface area contributed by atoms with Crippen LogP contribution in [0.2, 0.25) is 0 Å². The molecule has 1 aromatic carbocycles. The summed E-state index contributed by atoms with van der Waals surface area (Å²) in [7, 11) is 1.72. The van der Waals surface area contributed by atoms with Gasteiger partial charge in [0, 0.05) is 36.2 Å². The minimum absolute atomic E-state index is 0.213. The van der Waals surface area contributed by atoms with Crippen LogP contribution in [-0.2, 0) is 10.2 Å². The first-order chi connectivity index (χ1) is 13.3. The lowest BCUT2D eigenvalue weighted by atomic mass is 9.68. The zero-order valence-corrected chi connectivity index (χ0v) is 15.5. The molecule has 6 heteroatoms. The molecule has 6 atom stereocenters. The van der Waals surface area contributed by atoms with E-state index in [0.717, 1.165) is 54.0 Å². The second-order valence-electron chi connectivity index (χ2n) is 8.57. The van der Waals surface area contributed by atoms with E-state index in [1.165, 1.54) is 6.42 Å². The predicted octanol–water partition coefficient (Wildman–Crippen LogP) is 2.77. The number of methoxy groups -OCH3 is 1. The van der Waals surface area contributed by atoms with E-state index in [9.17, 15) is 0 Å². The smallest absolute Gasteiger partial charge is 0.231 e. The Bertz CT molecular complexity index is 954. The molecule has 0 radical (unpaired) electrons. The summed E-state index contributed by atoms with van der Waals surface area (Å²) in [5, 5.41) is 0.